The number of rotatable bonds is 4. The first kappa shape index (κ1) is 14.8. The summed E-state index contributed by atoms with van der Waals surface area (Å²) >= 11 is 0. The summed E-state index contributed by atoms with van der Waals surface area (Å²) in [6, 6.07) is 13.6. The van der Waals surface area contributed by atoms with Crippen molar-refractivity contribution < 1.29 is 9.21 Å². The molecule has 1 atom stereocenters. The summed E-state index contributed by atoms with van der Waals surface area (Å²) in [6.45, 7) is 1.31. The second-order valence-electron chi connectivity index (χ2n) is 6.00. The Morgan fingerprint density at radius 2 is 2.17 bits per heavy atom. The van der Waals surface area contributed by atoms with Gasteiger partial charge in [0.25, 0.3) is 0 Å². The molecule has 3 heterocycles. The van der Waals surface area contributed by atoms with Crippen molar-refractivity contribution in [2.75, 3.05) is 11.4 Å². The van der Waals surface area contributed by atoms with E-state index in [0.29, 0.717) is 6.54 Å². The Bertz CT molecular complexity index is 839. The minimum absolute atomic E-state index is 0.0461. The van der Waals surface area contributed by atoms with Crippen molar-refractivity contribution >= 4 is 22.5 Å². The topological polar surface area (TPSA) is 58.4 Å². The van der Waals surface area contributed by atoms with Crippen LogP contribution in [0.3, 0.4) is 0 Å². The molecular formula is C19H19N3O2. The number of amides is 1. The fourth-order valence-corrected chi connectivity index (χ4v) is 3.36. The van der Waals surface area contributed by atoms with Gasteiger partial charge >= 0.3 is 0 Å². The monoisotopic (exact) mass is 321 g/mol. The number of para-hydroxylation sites is 1. The second kappa shape index (κ2) is 6.35. The lowest BCUT2D eigenvalue weighted by atomic mass is 10.1. The Morgan fingerprint density at radius 3 is 3.04 bits per heavy atom. The molecule has 0 bridgehead atoms. The largest absolute Gasteiger partial charge is 0.467 e. The zero-order valence-corrected chi connectivity index (χ0v) is 13.3. The second-order valence-corrected chi connectivity index (χ2v) is 6.00. The van der Waals surface area contributed by atoms with E-state index in [1.807, 2.05) is 42.6 Å². The van der Waals surface area contributed by atoms with Crippen LogP contribution in [0.4, 0.5) is 5.69 Å². The van der Waals surface area contributed by atoms with Crippen LogP contribution in [0.2, 0.25) is 0 Å². The van der Waals surface area contributed by atoms with Gasteiger partial charge in [-0.05, 0) is 37.1 Å². The minimum atomic E-state index is -0.147. The van der Waals surface area contributed by atoms with E-state index >= 15 is 0 Å². The first-order chi connectivity index (χ1) is 11.8. The summed E-state index contributed by atoms with van der Waals surface area (Å²) in [5.74, 6) is 0.812. The molecule has 122 valence electrons. The molecule has 3 aromatic rings. The molecule has 5 nitrogen and oxygen atoms in total. The molecule has 1 aliphatic heterocycles. The molecule has 0 spiro atoms. The molecule has 1 N–H and O–H groups in total. The van der Waals surface area contributed by atoms with Crippen molar-refractivity contribution in [1.82, 2.24) is 10.3 Å². The van der Waals surface area contributed by atoms with Crippen molar-refractivity contribution in [2.24, 2.45) is 0 Å². The van der Waals surface area contributed by atoms with E-state index in [-0.39, 0.29) is 11.9 Å². The number of benzene rings is 1. The highest BCUT2D eigenvalue weighted by Crippen LogP contribution is 2.31. The van der Waals surface area contributed by atoms with Crippen LogP contribution in [0.5, 0.6) is 0 Å². The van der Waals surface area contributed by atoms with Gasteiger partial charge in [0.1, 0.15) is 11.8 Å². The van der Waals surface area contributed by atoms with Crippen LogP contribution in [0.25, 0.3) is 10.9 Å². The zero-order valence-electron chi connectivity index (χ0n) is 13.3. The number of hydrogen-bond acceptors (Lipinski definition) is 4. The van der Waals surface area contributed by atoms with E-state index in [0.717, 1.165) is 41.7 Å². The maximum atomic E-state index is 12.7. The Kier molecular flexibility index (Phi) is 3.91. The van der Waals surface area contributed by atoms with E-state index in [9.17, 15) is 4.79 Å². The highest BCUT2D eigenvalue weighted by atomic mass is 16.3. The summed E-state index contributed by atoms with van der Waals surface area (Å²) < 4.78 is 5.28. The lowest BCUT2D eigenvalue weighted by Gasteiger charge is -2.27. The fraction of sp³-hybridized carbons (Fsp3) is 0.263. The summed E-state index contributed by atoms with van der Waals surface area (Å²) in [5.41, 5.74) is 2.04. The average Bonchev–Trinajstić information content (AvgIpc) is 3.31. The Hall–Kier alpha value is -2.82. The quantitative estimate of drug-likeness (QED) is 0.802. The number of anilines is 1. The minimum Gasteiger partial charge on any atom is -0.467 e. The molecule has 0 unspecified atom stereocenters. The Labute approximate surface area is 140 Å². The summed E-state index contributed by atoms with van der Waals surface area (Å²) in [5, 5.41) is 4.07. The number of carbonyl (C=O) groups excluding carboxylic acids is 1. The molecule has 1 fully saturated rings. The predicted octanol–water partition coefficient (Wildman–Crippen LogP) is 3.11. The van der Waals surface area contributed by atoms with Crippen LogP contribution in [0.1, 0.15) is 18.6 Å². The van der Waals surface area contributed by atoms with E-state index in [1.165, 1.54) is 0 Å². The summed E-state index contributed by atoms with van der Waals surface area (Å²) in [4.78, 5) is 19.3. The molecule has 2 aromatic heterocycles. The maximum absolute atomic E-state index is 12.7. The number of furan rings is 1. The van der Waals surface area contributed by atoms with Crippen molar-refractivity contribution in [2.45, 2.75) is 25.4 Å². The van der Waals surface area contributed by atoms with Crippen LogP contribution >= 0.6 is 0 Å². The zero-order chi connectivity index (χ0) is 16.4. The van der Waals surface area contributed by atoms with E-state index in [2.05, 4.69) is 21.3 Å². The van der Waals surface area contributed by atoms with Gasteiger partial charge in [0.05, 0.1) is 18.3 Å². The van der Waals surface area contributed by atoms with Crippen molar-refractivity contribution in [3.05, 3.63) is 60.7 Å². The van der Waals surface area contributed by atoms with Crippen LogP contribution in [-0.4, -0.2) is 23.5 Å². The third-order valence-corrected chi connectivity index (χ3v) is 4.51. The first-order valence-electron chi connectivity index (χ1n) is 8.23. The van der Waals surface area contributed by atoms with Gasteiger partial charge in [-0.25, -0.2) is 0 Å². The predicted molar refractivity (Wildman–Crippen MR) is 92.7 cm³/mol. The summed E-state index contributed by atoms with van der Waals surface area (Å²) in [7, 11) is 0. The first-order valence-corrected chi connectivity index (χ1v) is 8.23. The Balaban J connectivity index is 1.56. The number of carbonyl (C=O) groups is 1. The van der Waals surface area contributed by atoms with Gasteiger partial charge in [-0.1, -0.05) is 18.2 Å². The number of nitrogens with one attached hydrogen (secondary N) is 1. The van der Waals surface area contributed by atoms with Crippen molar-refractivity contribution in [3.63, 3.8) is 0 Å². The molecule has 5 heteroatoms. The molecule has 4 rings (SSSR count). The van der Waals surface area contributed by atoms with Gasteiger partial charge < -0.3 is 14.6 Å². The van der Waals surface area contributed by atoms with Gasteiger partial charge in [-0.2, -0.15) is 0 Å². The lowest BCUT2D eigenvalue weighted by molar-refractivity contribution is -0.122. The fourth-order valence-electron chi connectivity index (χ4n) is 3.36. The summed E-state index contributed by atoms with van der Waals surface area (Å²) in [6.07, 6.45) is 5.30. The molecule has 1 saturated heterocycles. The van der Waals surface area contributed by atoms with Gasteiger partial charge in [-0.15, -0.1) is 0 Å². The molecular weight excluding hydrogens is 302 g/mol. The average molecular weight is 321 g/mol. The number of hydrogen-bond donors (Lipinski definition) is 1. The van der Waals surface area contributed by atoms with Gasteiger partial charge in [-0.3, -0.25) is 9.78 Å². The molecule has 1 amide bonds. The maximum Gasteiger partial charge on any atom is 0.243 e. The van der Waals surface area contributed by atoms with E-state index < -0.39 is 0 Å². The van der Waals surface area contributed by atoms with Gasteiger partial charge in [0.2, 0.25) is 5.91 Å². The van der Waals surface area contributed by atoms with Crippen molar-refractivity contribution in [3.8, 4) is 0 Å². The van der Waals surface area contributed by atoms with Gasteiger partial charge in [0, 0.05) is 23.8 Å². The molecule has 1 aliphatic rings. The smallest absolute Gasteiger partial charge is 0.243 e. The number of pyridine rings is 1. The number of nitrogens with zero attached hydrogens (tertiary/aromatic N) is 2. The highest BCUT2D eigenvalue weighted by Gasteiger charge is 2.31. The normalized spacial score (nSPS) is 17.3. The highest BCUT2D eigenvalue weighted by molar-refractivity contribution is 5.95. The van der Waals surface area contributed by atoms with Crippen molar-refractivity contribution in [1.29, 1.82) is 0 Å². The van der Waals surface area contributed by atoms with E-state index in [1.54, 1.807) is 6.26 Å². The third kappa shape index (κ3) is 2.73. The lowest BCUT2D eigenvalue weighted by Crippen LogP contribution is -2.43. The molecule has 0 saturated carbocycles. The molecule has 0 aliphatic carbocycles. The molecule has 1 aromatic carbocycles. The van der Waals surface area contributed by atoms with Gasteiger partial charge in [0.15, 0.2) is 0 Å². The third-order valence-electron chi connectivity index (χ3n) is 4.51. The Morgan fingerprint density at radius 1 is 1.25 bits per heavy atom. The van der Waals surface area contributed by atoms with Crippen LogP contribution < -0.4 is 10.2 Å². The van der Waals surface area contributed by atoms with Crippen LogP contribution in [0.15, 0.2) is 59.3 Å². The SMILES string of the molecule is O=C(NCc1ccco1)[C@@H]1CCCN1c1ccnc2ccccc12. The van der Waals surface area contributed by atoms with Crippen LogP contribution in [-0.2, 0) is 11.3 Å². The molecule has 24 heavy (non-hydrogen) atoms. The van der Waals surface area contributed by atoms with Crippen LogP contribution in [0, 0.1) is 0 Å². The number of aromatic nitrogens is 1. The van der Waals surface area contributed by atoms with E-state index in [4.69, 9.17) is 4.42 Å². The number of fused-ring (bicyclic) bond motifs is 1. The molecule has 0 radical (unpaired) electrons. The standard InChI is InChI=1S/C19H19N3O2/c23-19(21-13-14-5-4-12-24-14)18-8-3-11-22(18)17-9-10-20-16-7-2-1-6-15(16)17/h1-2,4-7,9-10,12,18H,3,8,11,13H2,(H,21,23)/t18-/m0/s1.